The Hall–Kier alpha value is -5.32. The standard InChI is InChI=1S/C49H39Cl4NO8/c1-46(2)59-42(55)48(43(56)60-46)32(28-18-8-12-22-33(28)50)26-37-38(39(48)29-19-9-13-23-34(29)51)40(30-20-10-14-24-35(30)52)49(44(57)61-47(3,4)62-45(49)58)41(31-21-11-15-25-36(31)53)54(37)27-16-6-5-7-17-27/h5-25,32,39-41H,26H2,1-4H3/t32-,39-,40-,41-/m0/s1. The topological polar surface area (TPSA) is 108 Å². The van der Waals surface area contributed by atoms with Crippen molar-refractivity contribution >= 4 is 76.0 Å². The van der Waals surface area contributed by atoms with Gasteiger partial charge in [0.2, 0.25) is 5.41 Å². The summed E-state index contributed by atoms with van der Waals surface area (Å²) in [6.45, 7) is 5.89. The van der Waals surface area contributed by atoms with Gasteiger partial charge in [0.25, 0.3) is 11.6 Å². The van der Waals surface area contributed by atoms with Gasteiger partial charge in [-0.15, -0.1) is 0 Å². The molecule has 9 rings (SSSR count). The lowest BCUT2D eigenvalue weighted by Crippen LogP contribution is -2.67. The Morgan fingerprint density at radius 2 is 0.823 bits per heavy atom. The number of carbonyl (C=O) groups is 4. The second-order valence-corrected chi connectivity index (χ2v) is 18.4. The van der Waals surface area contributed by atoms with E-state index in [0.29, 0.717) is 33.6 Å². The molecule has 2 saturated heterocycles. The third kappa shape index (κ3) is 6.26. The molecule has 0 bridgehead atoms. The van der Waals surface area contributed by atoms with Gasteiger partial charge in [-0.25, -0.2) is 0 Å². The van der Waals surface area contributed by atoms with E-state index in [2.05, 4.69) is 0 Å². The lowest BCUT2D eigenvalue weighted by molar-refractivity contribution is -0.256. The zero-order chi connectivity index (χ0) is 43.9. The van der Waals surface area contributed by atoms with Gasteiger partial charge in [0.15, 0.2) is 5.41 Å². The van der Waals surface area contributed by atoms with E-state index < -0.39 is 70.1 Å². The van der Waals surface area contributed by atoms with E-state index in [-0.39, 0.29) is 32.1 Å². The predicted molar refractivity (Wildman–Crippen MR) is 235 cm³/mol. The molecular weight excluding hydrogens is 872 g/mol. The first-order chi connectivity index (χ1) is 29.5. The molecule has 0 radical (unpaired) electrons. The van der Waals surface area contributed by atoms with Crippen molar-refractivity contribution in [1.29, 1.82) is 0 Å². The van der Waals surface area contributed by atoms with Gasteiger partial charge in [-0.3, -0.25) is 19.2 Å². The highest BCUT2D eigenvalue weighted by molar-refractivity contribution is 6.33. The quantitative estimate of drug-likeness (QED) is 0.126. The number of benzene rings is 5. The highest BCUT2D eigenvalue weighted by Crippen LogP contribution is 2.72. The second kappa shape index (κ2) is 15.2. The van der Waals surface area contributed by atoms with E-state index in [1.807, 2.05) is 35.2 Å². The average molecular weight is 912 g/mol. The zero-order valence-corrected chi connectivity index (χ0v) is 36.9. The molecule has 5 aromatic rings. The summed E-state index contributed by atoms with van der Waals surface area (Å²) in [6.07, 6.45) is -0.0902. The fourth-order valence-electron chi connectivity index (χ4n) is 10.2. The molecule has 0 amide bonds. The van der Waals surface area contributed by atoms with E-state index >= 15 is 19.2 Å². The van der Waals surface area contributed by atoms with Gasteiger partial charge >= 0.3 is 23.9 Å². The molecule has 1 aliphatic carbocycles. The first-order valence-corrected chi connectivity index (χ1v) is 21.5. The lowest BCUT2D eigenvalue weighted by atomic mass is 9.48. The number of hydrogen-bond acceptors (Lipinski definition) is 9. The third-order valence-corrected chi connectivity index (χ3v) is 13.8. The Bertz CT molecular complexity index is 2630. The van der Waals surface area contributed by atoms with Crippen LogP contribution in [0.5, 0.6) is 0 Å². The molecule has 3 heterocycles. The van der Waals surface area contributed by atoms with Crippen LogP contribution < -0.4 is 4.90 Å². The summed E-state index contributed by atoms with van der Waals surface area (Å²) in [7, 11) is 0. The molecule has 3 aliphatic heterocycles. The largest absolute Gasteiger partial charge is 0.422 e. The molecule has 62 heavy (non-hydrogen) atoms. The lowest BCUT2D eigenvalue weighted by Gasteiger charge is -2.61. The molecule has 0 aromatic heterocycles. The summed E-state index contributed by atoms with van der Waals surface area (Å²) in [5, 5.41) is 0.866. The van der Waals surface area contributed by atoms with Crippen molar-refractivity contribution in [3.05, 3.63) is 181 Å². The van der Waals surface area contributed by atoms with E-state index in [1.54, 1.807) is 97.1 Å². The van der Waals surface area contributed by atoms with Gasteiger partial charge < -0.3 is 23.8 Å². The maximum absolute atomic E-state index is 15.8. The van der Waals surface area contributed by atoms with Crippen molar-refractivity contribution in [3.8, 4) is 0 Å². The number of allylic oxidation sites excluding steroid dienone is 2. The summed E-state index contributed by atoms with van der Waals surface area (Å²) >= 11 is 28.9. The second-order valence-electron chi connectivity index (χ2n) is 16.8. The molecule has 2 spiro atoms. The van der Waals surface area contributed by atoms with E-state index in [1.165, 1.54) is 27.7 Å². The first kappa shape index (κ1) is 42.0. The van der Waals surface area contributed by atoms with Crippen LogP contribution in [0.4, 0.5) is 5.69 Å². The van der Waals surface area contributed by atoms with Gasteiger partial charge in [0.05, 0.1) is 6.04 Å². The van der Waals surface area contributed by atoms with Crippen molar-refractivity contribution in [2.75, 3.05) is 4.90 Å². The van der Waals surface area contributed by atoms with Crippen molar-refractivity contribution < 1.29 is 38.1 Å². The molecule has 0 saturated carbocycles. The van der Waals surface area contributed by atoms with Crippen molar-refractivity contribution in [1.82, 2.24) is 0 Å². The third-order valence-electron chi connectivity index (χ3n) is 12.4. The van der Waals surface area contributed by atoms with Gasteiger partial charge in [-0.2, -0.15) is 0 Å². The van der Waals surface area contributed by atoms with E-state index in [9.17, 15) is 0 Å². The monoisotopic (exact) mass is 909 g/mol. The van der Waals surface area contributed by atoms with Crippen LogP contribution in [-0.2, 0) is 38.1 Å². The number of ether oxygens (including phenoxy) is 4. The number of para-hydroxylation sites is 1. The van der Waals surface area contributed by atoms with Crippen molar-refractivity contribution in [2.24, 2.45) is 10.8 Å². The maximum atomic E-state index is 15.8. The normalized spacial score (nSPS) is 24.5. The molecule has 2 fully saturated rings. The molecule has 9 nitrogen and oxygen atoms in total. The Kier molecular flexibility index (Phi) is 10.3. The summed E-state index contributed by atoms with van der Waals surface area (Å²) in [5.74, 6) is -11.1. The van der Waals surface area contributed by atoms with Crippen LogP contribution in [-0.4, -0.2) is 35.5 Å². The summed E-state index contributed by atoms with van der Waals surface area (Å²) in [4.78, 5) is 64.6. The van der Waals surface area contributed by atoms with Crippen LogP contribution in [0.15, 0.2) is 139 Å². The van der Waals surface area contributed by atoms with Gasteiger partial charge in [0.1, 0.15) is 0 Å². The van der Waals surface area contributed by atoms with Crippen LogP contribution in [0.2, 0.25) is 20.1 Å². The van der Waals surface area contributed by atoms with Gasteiger partial charge in [-0.05, 0) is 70.6 Å². The number of anilines is 1. The van der Waals surface area contributed by atoms with Crippen LogP contribution in [0, 0.1) is 10.8 Å². The minimum Gasteiger partial charge on any atom is -0.422 e. The number of esters is 4. The number of cyclic esters (lactones) is 4. The zero-order valence-electron chi connectivity index (χ0n) is 33.9. The molecule has 0 N–H and O–H groups in total. The summed E-state index contributed by atoms with van der Waals surface area (Å²) in [5.41, 5.74) is -1.89. The smallest absolute Gasteiger partial charge is 0.330 e. The minimum absolute atomic E-state index is 0.0902. The molecular formula is C49H39Cl4NO8. The Morgan fingerprint density at radius 3 is 1.26 bits per heavy atom. The molecule has 316 valence electrons. The van der Waals surface area contributed by atoms with Crippen LogP contribution in [0.3, 0.4) is 0 Å². The maximum Gasteiger partial charge on any atom is 0.330 e. The number of hydrogen-bond donors (Lipinski definition) is 0. The Labute approximate surface area is 378 Å². The minimum atomic E-state index is -2.39. The Morgan fingerprint density at radius 1 is 0.468 bits per heavy atom. The number of rotatable bonds is 5. The Balaban J connectivity index is 1.55. The summed E-state index contributed by atoms with van der Waals surface area (Å²) in [6, 6.07) is 35.4. The number of halogens is 4. The van der Waals surface area contributed by atoms with Crippen molar-refractivity contribution in [2.45, 2.75) is 69.5 Å². The first-order valence-electron chi connectivity index (χ1n) is 20.0. The average Bonchev–Trinajstić information content (AvgIpc) is 3.21. The fraction of sp³-hybridized carbons (Fsp3) is 0.265. The van der Waals surface area contributed by atoms with Gasteiger partial charge in [-0.1, -0.05) is 137 Å². The highest BCUT2D eigenvalue weighted by atomic mass is 35.5. The fourth-order valence-corrected chi connectivity index (χ4v) is 11.2. The summed E-state index contributed by atoms with van der Waals surface area (Å²) < 4.78 is 24.8. The van der Waals surface area contributed by atoms with Crippen LogP contribution in [0.25, 0.3) is 0 Å². The predicted octanol–water partition coefficient (Wildman–Crippen LogP) is 11.5. The molecule has 13 heteroatoms. The SMILES string of the molecule is CC1(C)OC(=O)C2(C(=O)O1)[C@@H](c1ccccc1Cl)C1=C(C[C@@H](c3ccccc3Cl)C3(C(=O)OC(C)(C)OC3=O)[C@H]1c1ccccc1Cl)N(c1ccccc1)[C@H]2c1ccccc1Cl. The number of nitrogens with zero attached hydrogens (tertiary/aromatic N) is 1. The van der Waals surface area contributed by atoms with Crippen LogP contribution in [0.1, 0.15) is 80.2 Å². The molecule has 4 atom stereocenters. The number of carbonyl (C=O) groups excluding carboxylic acids is 4. The van der Waals surface area contributed by atoms with Crippen molar-refractivity contribution in [3.63, 3.8) is 0 Å². The van der Waals surface area contributed by atoms with E-state index in [4.69, 9.17) is 65.4 Å². The highest BCUT2D eigenvalue weighted by Gasteiger charge is 2.76. The molecule has 0 unspecified atom stereocenters. The van der Waals surface area contributed by atoms with Gasteiger partial charge in [0, 0.05) is 76.9 Å². The van der Waals surface area contributed by atoms with E-state index in [0.717, 1.165) is 0 Å². The van der Waals surface area contributed by atoms with Crippen LogP contribution >= 0.6 is 46.4 Å². The molecule has 5 aromatic carbocycles. The molecule has 4 aliphatic rings.